The Morgan fingerprint density at radius 2 is 2.09 bits per heavy atom. The predicted octanol–water partition coefficient (Wildman–Crippen LogP) is 2.41. The Labute approximate surface area is 135 Å². The third kappa shape index (κ3) is 2.54. The second-order valence-corrected chi connectivity index (χ2v) is 6.07. The minimum atomic E-state index is 0.805. The number of rotatable bonds is 4. The fourth-order valence-corrected chi connectivity index (χ4v) is 3.31. The lowest BCUT2D eigenvalue weighted by Gasteiger charge is -2.09. The number of nitrogens with zero attached hydrogens (tertiary/aromatic N) is 5. The van der Waals surface area contributed by atoms with E-state index < -0.39 is 0 Å². The highest BCUT2D eigenvalue weighted by Gasteiger charge is 2.17. The number of hydrogen-bond donors (Lipinski definition) is 1. The van der Waals surface area contributed by atoms with Crippen LogP contribution in [0.15, 0.2) is 18.7 Å². The van der Waals surface area contributed by atoms with Crippen molar-refractivity contribution < 1.29 is 0 Å². The zero-order valence-corrected chi connectivity index (χ0v) is 13.5. The van der Waals surface area contributed by atoms with Crippen molar-refractivity contribution in [3.8, 4) is 11.5 Å². The van der Waals surface area contributed by atoms with E-state index in [0.29, 0.717) is 0 Å². The second-order valence-electron chi connectivity index (χ2n) is 6.07. The summed E-state index contributed by atoms with van der Waals surface area (Å²) in [6.07, 6.45) is 9.75. The fourth-order valence-electron chi connectivity index (χ4n) is 3.31. The predicted molar refractivity (Wildman–Crippen MR) is 87.0 cm³/mol. The van der Waals surface area contributed by atoms with Crippen LogP contribution in [0.3, 0.4) is 0 Å². The molecule has 1 aliphatic carbocycles. The molecule has 6 nitrogen and oxygen atoms in total. The molecule has 4 rings (SSSR count). The Bertz CT molecular complexity index is 845. The van der Waals surface area contributed by atoms with E-state index in [9.17, 15) is 0 Å². The highest BCUT2D eigenvalue weighted by molar-refractivity contribution is 5.52. The zero-order valence-electron chi connectivity index (χ0n) is 13.5. The molecule has 6 heteroatoms. The van der Waals surface area contributed by atoms with Gasteiger partial charge in [0.25, 0.3) is 0 Å². The first-order chi connectivity index (χ1) is 11.2. The third-order valence-electron chi connectivity index (χ3n) is 4.52. The number of hydrogen-bond acceptors (Lipinski definition) is 4. The second kappa shape index (κ2) is 5.61. The standard InChI is InChI=1S/C17H20N6/c1-11-13-4-3-5-14(13)22-15(21-11)6-8-23-9-7-18-17(23)16-12(2)19-10-20-16/h7,9-10H,3-6,8H2,1-2H3,(H,19,20). The molecule has 1 N–H and O–H groups in total. The van der Waals surface area contributed by atoms with Crippen LogP contribution in [0.4, 0.5) is 0 Å². The van der Waals surface area contributed by atoms with Crippen molar-refractivity contribution in [1.29, 1.82) is 0 Å². The van der Waals surface area contributed by atoms with E-state index in [1.807, 2.05) is 19.3 Å². The van der Waals surface area contributed by atoms with Gasteiger partial charge in [0.2, 0.25) is 0 Å². The zero-order chi connectivity index (χ0) is 15.8. The Hall–Kier alpha value is -2.50. The molecule has 3 aromatic heterocycles. The molecule has 0 saturated heterocycles. The molecular formula is C17H20N6. The molecule has 0 unspecified atom stereocenters. The maximum atomic E-state index is 4.76. The average Bonchev–Trinajstić information content (AvgIpc) is 3.24. The highest BCUT2D eigenvalue weighted by Crippen LogP contribution is 2.23. The molecule has 0 fully saturated rings. The Morgan fingerprint density at radius 3 is 2.91 bits per heavy atom. The summed E-state index contributed by atoms with van der Waals surface area (Å²) in [5, 5.41) is 0. The number of aromatic nitrogens is 6. The summed E-state index contributed by atoms with van der Waals surface area (Å²) in [6, 6.07) is 0. The summed E-state index contributed by atoms with van der Waals surface area (Å²) in [5.41, 5.74) is 5.70. The Kier molecular flexibility index (Phi) is 3.44. The fraction of sp³-hybridized carbons (Fsp3) is 0.412. The van der Waals surface area contributed by atoms with Gasteiger partial charge in [-0.1, -0.05) is 0 Å². The molecule has 118 valence electrons. The molecule has 0 spiro atoms. The molecule has 0 aromatic carbocycles. The minimum Gasteiger partial charge on any atom is -0.348 e. The van der Waals surface area contributed by atoms with Gasteiger partial charge in [0, 0.05) is 42.4 Å². The van der Waals surface area contributed by atoms with Crippen LogP contribution in [0, 0.1) is 13.8 Å². The summed E-state index contributed by atoms with van der Waals surface area (Å²) >= 11 is 0. The summed E-state index contributed by atoms with van der Waals surface area (Å²) < 4.78 is 2.12. The summed E-state index contributed by atoms with van der Waals surface area (Å²) in [7, 11) is 0. The van der Waals surface area contributed by atoms with Crippen LogP contribution in [-0.4, -0.2) is 29.5 Å². The SMILES string of the molecule is Cc1nc(CCn2ccnc2-c2nc[nH]c2C)nc2c1CCC2. The maximum absolute atomic E-state index is 4.76. The Morgan fingerprint density at radius 1 is 1.17 bits per heavy atom. The van der Waals surface area contributed by atoms with Gasteiger partial charge in [-0.05, 0) is 38.7 Å². The molecule has 1 aliphatic rings. The van der Waals surface area contributed by atoms with Crippen molar-refractivity contribution in [2.24, 2.45) is 0 Å². The van der Waals surface area contributed by atoms with Crippen molar-refractivity contribution >= 4 is 0 Å². The molecule has 23 heavy (non-hydrogen) atoms. The molecule has 0 bridgehead atoms. The van der Waals surface area contributed by atoms with Gasteiger partial charge in [-0.25, -0.2) is 19.9 Å². The first-order valence-corrected chi connectivity index (χ1v) is 8.09. The van der Waals surface area contributed by atoms with Gasteiger partial charge in [-0.2, -0.15) is 0 Å². The summed E-state index contributed by atoms with van der Waals surface area (Å²) in [6.45, 7) is 4.92. The minimum absolute atomic E-state index is 0.805. The normalized spacial score (nSPS) is 13.5. The molecule has 0 saturated carbocycles. The van der Waals surface area contributed by atoms with E-state index in [4.69, 9.17) is 4.98 Å². The van der Waals surface area contributed by atoms with Gasteiger partial charge < -0.3 is 9.55 Å². The lowest BCUT2D eigenvalue weighted by Crippen LogP contribution is -2.08. The van der Waals surface area contributed by atoms with Crippen molar-refractivity contribution in [1.82, 2.24) is 29.5 Å². The summed E-state index contributed by atoms with van der Waals surface area (Å²) in [5.74, 6) is 1.82. The molecule has 0 atom stereocenters. The monoisotopic (exact) mass is 308 g/mol. The molecule has 0 radical (unpaired) electrons. The molecule has 3 heterocycles. The lowest BCUT2D eigenvalue weighted by atomic mass is 10.2. The molecule has 0 aliphatic heterocycles. The van der Waals surface area contributed by atoms with Gasteiger partial charge >= 0.3 is 0 Å². The number of H-pyrrole nitrogens is 1. The number of aryl methyl sites for hydroxylation is 5. The first kappa shape index (κ1) is 14.1. The van der Waals surface area contributed by atoms with E-state index in [2.05, 4.69) is 31.4 Å². The molecule has 3 aromatic rings. The van der Waals surface area contributed by atoms with Crippen LogP contribution in [0.25, 0.3) is 11.5 Å². The molecular weight excluding hydrogens is 288 g/mol. The van der Waals surface area contributed by atoms with Gasteiger partial charge in [0.15, 0.2) is 5.82 Å². The summed E-state index contributed by atoms with van der Waals surface area (Å²) in [4.78, 5) is 21.4. The quantitative estimate of drug-likeness (QED) is 0.803. The van der Waals surface area contributed by atoms with Gasteiger partial charge in [-0.3, -0.25) is 0 Å². The van der Waals surface area contributed by atoms with Crippen molar-refractivity contribution in [2.75, 3.05) is 0 Å². The van der Waals surface area contributed by atoms with Gasteiger partial charge in [0.1, 0.15) is 11.5 Å². The Balaban J connectivity index is 1.56. The lowest BCUT2D eigenvalue weighted by molar-refractivity contribution is 0.670. The number of aromatic amines is 1. The van der Waals surface area contributed by atoms with E-state index in [1.54, 1.807) is 6.33 Å². The van der Waals surface area contributed by atoms with Crippen molar-refractivity contribution in [2.45, 2.75) is 46.1 Å². The van der Waals surface area contributed by atoms with Gasteiger partial charge in [0.05, 0.1) is 6.33 Å². The van der Waals surface area contributed by atoms with Gasteiger partial charge in [-0.15, -0.1) is 0 Å². The van der Waals surface area contributed by atoms with Crippen LogP contribution in [0.2, 0.25) is 0 Å². The highest BCUT2D eigenvalue weighted by atomic mass is 15.1. The maximum Gasteiger partial charge on any atom is 0.160 e. The van der Waals surface area contributed by atoms with E-state index in [1.165, 1.54) is 17.7 Å². The van der Waals surface area contributed by atoms with Crippen LogP contribution < -0.4 is 0 Å². The van der Waals surface area contributed by atoms with Crippen LogP contribution in [0.5, 0.6) is 0 Å². The number of fused-ring (bicyclic) bond motifs is 1. The van der Waals surface area contributed by atoms with E-state index in [-0.39, 0.29) is 0 Å². The van der Waals surface area contributed by atoms with Crippen molar-refractivity contribution in [3.63, 3.8) is 0 Å². The largest absolute Gasteiger partial charge is 0.348 e. The van der Waals surface area contributed by atoms with Crippen LogP contribution in [-0.2, 0) is 25.8 Å². The third-order valence-corrected chi connectivity index (χ3v) is 4.52. The topological polar surface area (TPSA) is 72.3 Å². The smallest absolute Gasteiger partial charge is 0.160 e. The first-order valence-electron chi connectivity index (χ1n) is 8.09. The van der Waals surface area contributed by atoms with Crippen LogP contribution >= 0.6 is 0 Å². The molecule has 0 amide bonds. The van der Waals surface area contributed by atoms with E-state index >= 15 is 0 Å². The number of imidazole rings is 2. The van der Waals surface area contributed by atoms with E-state index in [0.717, 1.165) is 54.5 Å². The average molecular weight is 308 g/mol. The van der Waals surface area contributed by atoms with Crippen molar-refractivity contribution in [3.05, 3.63) is 47.2 Å². The van der Waals surface area contributed by atoms with Crippen LogP contribution in [0.1, 0.15) is 34.9 Å². The number of nitrogens with one attached hydrogen (secondary N) is 1.